The highest BCUT2D eigenvalue weighted by Gasteiger charge is 1.98. The summed E-state index contributed by atoms with van der Waals surface area (Å²) in [4.78, 5) is 8.14. The summed E-state index contributed by atoms with van der Waals surface area (Å²) in [5.74, 6) is 1.38. The van der Waals surface area contributed by atoms with Crippen LogP contribution in [0, 0.1) is 0 Å². The van der Waals surface area contributed by atoms with E-state index in [-0.39, 0.29) is 0 Å². The zero-order valence-electron chi connectivity index (χ0n) is 10.6. The third kappa shape index (κ3) is 6.06. The van der Waals surface area contributed by atoms with E-state index in [1.165, 1.54) is 6.33 Å². The predicted octanol–water partition coefficient (Wildman–Crippen LogP) is 2.10. The molecule has 1 N–H and O–H groups in total. The molecule has 96 valence electrons. The van der Waals surface area contributed by atoms with Crippen LogP contribution in [-0.2, 0) is 4.74 Å². The molecular formula is C12H21N3O2. The Morgan fingerprint density at radius 2 is 2.00 bits per heavy atom. The highest BCUT2D eigenvalue weighted by molar-refractivity contribution is 5.36. The van der Waals surface area contributed by atoms with Crippen LogP contribution in [0.4, 0.5) is 5.82 Å². The van der Waals surface area contributed by atoms with E-state index in [4.69, 9.17) is 9.47 Å². The summed E-state index contributed by atoms with van der Waals surface area (Å²) in [6.07, 6.45) is 3.59. The first-order valence-corrected chi connectivity index (χ1v) is 6.13. The molecule has 1 rings (SSSR count). The van der Waals surface area contributed by atoms with Crippen LogP contribution in [0.15, 0.2) is 12.4 Å². The van der Waals surface area contributed by atoms with Gasteiger partial charge in [0.25, 0.3) is 0 Å². The fourth-order valence-corrected chi connectivity index (χ4v) is 1.22. The van der Waals surface area contributed by atoms with E-state index in [1.54, 1.807) is 6.07 Å². The molecule has 0 saturated heterocycles. The van der Waals surface area contributed by atoms with Crippen molar-refractivity contribution in [1.82, 2.24) is 9.97 Å². The van der Waals surface area contributed by atoms with Crippen molar-refractivity contribution in [3.8, 4) is 5.88 Å². The van der Waals surface area contributed by atoms with Gasteiger partial charge in [0, 0.05) is 19.2 Å². The number of nitrogens with one attached hydrogen (secondary N) is 1. The molecular weight excluding hydrogens is 218 g/mol. The van der Waals surface area contributed by atoms with Gasteiger partial charge in [-0.3, -0.25) is 0 Å². The smallest absolute Gasteiger partial charge is 0.218 e. The Hall–Kier alpha value is -1.36. The Bertz CT molecular complexity index is 308. The van der Waals surface area contributed by atoms with Crippen molar-refractivity contribution < 1.29 is 9.47 Å². The molecule has 0 amide bonds. The third-order valence-corrected chi connectivity index (χ3v) is 2.02. The minimum absolute atomic E-state index is 0.518. The van der Waals surface area contributed by atoms with Gasteiger partial charge < -0.3 is 14.8 Å². The van der Waals surface area contributed by atoms with Crippen molar-refractivity contribution in [2.24, 2.45) is 0 Å². The second-order valence-electron chi connectivity index (χ2n) is 3.63. The summed E-state index contributed by atoms with van der Waals surface area (Å²) in [6, 6.07) is 1.80. The second kappa shape index (κ2) is 8.75. The molecule has 5 nitrogen and oxygen atoms in total. The molecule has 1 aromatic heterocycles. The zero-order chi connectivity index (χ0) is 12.3. The molecule has 17 heavy (non-hydrogen) atoms. The zero-order valence-corrected chi connectivity index (χ0v) is 10.6. The number of rotatable bonds is 9. The molecule has 0 unspecified atom stereocenters. The molecule has 1 aromatic rings. The van der Waals surface area contributed by atoms with Gasteiger partial charge in [0.2, 0.25) is 5.88 Å². The van der Waals surface area contributed by atoms with Crippen LogP contribution in [-0.4, -0.2) is 36.3 Å². The van der Waals surface area contributed by atoms with Gasteiger partial charge in [-0.15, -0.1) is 0 Å². The Balaban J connectivity index is 2.27. The second-order valence-corrected chi connectivity index (χ2v) is 3.63. The Labute approximate surface area is 103 Å². The summed E-state index contributed by atoms with van der Waals surface area (Å²) in [7, 11) is 0. The normalized spacial score (nSPS) is 10.2. The lowest BCUT2D eigenvalue weighted by molar-refractivity contribution is 0.0990. The number of anilines is 1. The molecule has 1 heterocycles. The topological polar surface area (TPSA) is 56.3 Å². The van der Waals surface area contributed by atoms with Crippen molar-refractivity contribution in [3.63, 3.8) is 0 Å². The number of ether oxygens (including phenoxy) is 2. The van der Waals surface area contributed by atoms with E-state index in [0.29, 0.717) is 19.1 Å². The number of hydrogen-bond acceptors (Lipinski definition) is 5. The van der Waals surface area contributed by atoms with E-state index in [9.17, 15) is 0 Å². The van der Waals surface area contributed by atoms with Crippen molar-refractivity contribution >= 4 is 5.82 Å². The summed E-state index contributed by atoms with van der Waals surface area (Å²) in [5.41, 5.74) is 0. The highest BCUT2D eigenvalue weighted by atomic mass is 16.5. The Morgan fingerprint density at radius 1 is 1.12 bits per heavy atom. The van der Waals surface area contributed by atoms with Gasteiger partial charge in [-0.05, 0) is 12.8 Å². The molecule has 5 heteroatoms. The van der Waals surface area contributed by atoms with Gasteiger partial charge >= 0.3 is 0 Å². The highest BCUT2D eigenvalue weighted by Crippen LogP contribution is 2.10. The van der Waals surface area contributed by atoms with Crippen LogP contribution < -0.4 is 10.1 Å². The van der Waals surface area contributed by atoms with Gasteiger partial charge in [0.1, 0.15) is 18.8 Å². The molecule has 0 aliphatic heterocycles. The predicted molar refractivity (Wildman–Crippen MR) is 67.4 cm³/mol. The quantitative estimate of drug-likeness (QED) is 0.669. The number of hydrogen-bond donors (Lipinski definition) is 1. The van der Waals surface area contributed by atoms with Gasteiger partial charge in [0.05, 0.1) is 6.61 Å². The van der Waals surface area contributed by atoms with Gasteiger partial charge in [-0.2, -0.15) is 0 Å². The molecule has 0 aliphatic rings. The maximum absolute atomic E-state index is 5.46. The summed E-state index contributed by atoms with van der Waals surface area (Å²) in [6.45, 7) is 6.97. The van der Waals surface area contributed by atoms with Gasteiger partial charge in [-0.25, -0.2) is 9.97 Å². The Kier molecular flexibility index (Phi) is 7.06. The largest absolute Gasteiger partial charge is 0.475 e. The van der Waals surface area contributed by atoms with Crippen molar-refractivity contribution in [2.75, 3.05) is 31.7 Å². The molecule has 0 spiro atoms. The molecule has 0 aromatic carbocycles. The average Bonchev–Trinajstić information content (AvgIpc) is 2.37. The summed E-state index contributed by atoms with van der Waals surface area (Å²) in [5, 5.41) is 3.18. The van der Waals surface area contributed by atoms with Crippen LogP contribution in [0.2, 0.25) is 0 Å². The number of nitrogens with zero attached hydrogens (tertiary/aromatic N) is 2. The van der Waals surface area contributed by atoms with Crippen molar-refractivity contribution in [1.29, 1.82) is 0 Å². The lowest BCUT2D eigenvalue weighted by Crippen LogP contribution is -2.09. The maximum atomic E-state index is 5.46. The molecule has 0 bridgehead atoms. The van der Waals surface area contributed by atoms with E-state index in [1.807, 2.05) is 0 Å². The first-order chi connectivity index (χ1) is 8.36. The van der Waals surface area contributed by atoms with Crippen molar-refractivity contribution in [3.05, 3.63) is 12.4 Å². The molecule has 0 saturated carbocycles. The van der Waals surface area contributed by atoms with E-state index < -0.39 is 0 Å². The number of aromatic nitrogens is 2. The lowest BCUT2D eigenvalue weighted by atomic mass is 10.4. The van der Waals surface area contributed by atoms with E-state index in [0.717, 1.165) is 31.8 Å². The van der Waals surface area contributed by atoms with Crippen LogP contribution in [0.5, 0.6) is 5.88 Å². The minimum Gasteiger partial charge on any atom is -0.475 e. The average molecular weight is 239 g/mol. The standard InChI is InChI=1S/C12H21N3O2/c1-3-5-13-11-9-12(15-10-14-11)17-8-7-16-6-4-2/h9-10H,3-8H2,1-2H3,(H,13,14,15). The summed E-state index contributed by atoms with van der Waals surface area (Å²) < 4.78 is 10.8. The third-order valence-electron chi connectivity index (χ3n) is 2.02. The molecule has 0 fully saturated rings. The van der Waals surface area contributed by atoms with Crippen LogP contribution >= 0.6 is 0 Å². The molecule has 0 radical (unpaired) electrons. The fraction of sp³-hybridized carbons (Fsp3) is 0.667. The first-order valence-electron chi connectivity index (χ1n) is 6.13. The van der Waals surface area contributed by atoms with Crippen LogP contribution in [0.1, 0.15) is 26.7 Å². The molecule has 0 atom stereocenters. The van der Waals surface area contributed by atoms with Gasteiger partial charge in [-0.1, -0.05) is 13.8 Å². The van der Waals surface area contributed by atoms with Crippen LogP contribution in [0.3, 0.4) is 0 Å². The first kappa shape index (κ1) is 13.7. The van der Waals surface area contributed by atoms with Crippen molar-refractivity contribution in [2.45, 2.75) is 26.7 Å². The summed E-state index contributed by atoms with van der Waals surface area (Å²) >= 11 is 0. The van der Waals surface area contributed by atoms with Gasteiger partial charge in [0.15, 0.2) is 0 Å². The Morgan fingerprint density at radius 3 is 2.76 bits per heavy atom. The van der Waals surface area contributed by atoms with E-state index >= 15 is 0 Å². The maximum Gasteiger partial charge on any atom is 0.218 e. The SMILES string of the molecule is CCCNc1cc(OCCOCCC)ncn1. The van der Waals surface area contributed by atoms with Crippen LogP contribution in [0.25, 0.3) is 0 Å². The lowest BCUT2D eigenvalue weighted by Gasteiger charge is -2.07. The minimum atomic E-state index is 0.518. The monoisotopic (exact) mass is 239 g/mol. The molecule has 0 aliphatic carbocycles. The van der Waals surface area contributed by atoms with E-state index in [2.05, 4.69) is 29.1 Å². The fourth-order valence-electron chi connectivity index (χ4n) is 1.22.